The molecule has 0 aliphatic heterocycles. The van der Waals surface area contributed by atoms with Crippen LogP contribution in [0.25, 0.3) is 23.0 Å². The van der Waals surface area contributed by atoms with Crippen LogP contribution in [0.2, 0.25) is 0 Å². The summed E-state index contributed by atoms with van der Waals surface area (Å²) in [6.45, 7) is 1.92. The van der Waals surface area contributed by atoms with Crippen molar-refractivity contribution < 1.29 is 23.7 Å². The molecule has 0 radical (unpaired) electrons. The van der Waals surface area contributed by atoms with Crippen molar-refractivity contribution in [3.8, 4) is 39.9 Å². The Balaban J connectivity index is 1.81. The number of carbonyl (C=O) groups is 1. The van der Waals surface area contributed by atoms with E-state index >= 15 is 0 Å². The van der Waals surface area contributed by atoms with Crippen LogP contribution in [0.1, 0.15) is 21.6 Å². The Hall–Kier alpha value is -4.52. The minimum atomic E-state index is -0.210. The number of benzene rings is 3. The first kappa shape index (κ1) is 24.6. The number of para-hydroxylation sites is 1. The summed E-state index contributed by atoms with van der Waals surface area (Å²) in [5, 5.41) is 4.80. The Morgan fingerprint density at radius 2 is 1.53 bits per heavy atom. The fourth-order valence-corrected chi connectivity index (χ4v) is 4.02. The van der Waals surface area contributed by atoms with Gasteiger partial charge in [0.25, 0.3) is 0 Å². The minimum absolute atomic E-state index is 0.210. The molecule has 0 bridgehead atoms. The molecule has 184 valence electrons. The average molecular weight is 485 g/mol. The summed E-state index contributed by atoms with van der Waals surface area (Å²) < 4.78 is 23.5. The molecule has 4 rings (SSSR count). The quantitative estimate of drug-likeness (QED) is 0.222. The number of hydrogen-bond acceptors (Lipinski definition) is 6. The van der Waals surface area contributed by atoms with E-state index < -0.39 is 0 Å². The van der Waals surface area contributed by atoms with Crippen LogP contribution in [0.5, 0.6) is 23.0 Å². The molecule has 0 atom stereocenters. The van der Waals surface area contributed by atoms with Crippen molar-refractivity contribution in [2.24, 2.45) is 0 Å². The number of aromatic nitrogens is 2. The molecule has 36 heavy (non-hydrogen) atoms. The second-order valence-corrected chi connectivity index (χ2v) is 7.94. The van der Waals surface area contributed by atoms with E-state index in [1.165, 1.54) is 27.4 Å². The fraction of sp³-hybridized carbons (Fsp3) is 0.172. The van der Waals surface area contributed by atoms with Gasteiger partial charge in [-0.15, -0.1) is 0 Å². The minimum Gasteiger partial charge on any atom is -0.497 e. The van der Waals surface area contributed by atoms with Crippen LogP contribution in [0.3, 0.4) is 0 Å². The predicted octanol–water partition coefficient (Wildman–Crippen LogP) is 5.78. The van der Waals surface area contributed by atoms with E-state index in [1.807, 2.05) is 66.2 Å². The van der Waals surface area contributed by atoms with Gasteiger partial charge in [-0.3, -0.25) is 4.79 Å². The molecule has 0 saturated carbocycles. The zero-order valence-corrected chi connectivity index (χ0v) is 20.9. The van der Waals surface area contributed by atoms with Gasteiger partial charge >= 0.3 is 0 Å². The van der Waals surface area contributed by atoms with Crippen LogP contribution >= 0.6 is 0 Å². The standard InChI is InChI=1S/C29H28N2O5/c1-19-24(14-15-25(32)21-17-26(34-3)29(36-5)27(18-21)35-4)28(20-10-9-13-23(16-20)33-2)31(30-19)22-11-7-6-8-12-22/h6-18H,1-5H3/b15-14+. The fourth-order valence-electron chi connectivity index (χ4n) is 4.02. The molecule has 3 aromatic carbocycles. The van der Waals surface area contributed by atoms with Gasteiger partial charge in [0.05, 0.1) is 45.5 Å². The lowest BCUT2D eigenvalue weighted by molar-refractivity contribution is 0.104. The normalized spacial score (nSPS) is 10.9. The summed E-state index contributed by atoms with van der Waals surface area (Å²) >= 11 is 0. The smallest absolute Gasteiger partial charge is 0.203 e. The van der Waals surface area contributed by atoms with E-state index in [4.69, 9.17) is 24.0 Å². The number of nitrogens with zero attached hydrogens (tertiary/aromatic N) is 2. The lowest BCUT2D eigenvalue weighted by Gasteiger charge is -2.13. The Kier molecular flexibility index (Phi) is 7.39. The van der Waals surface area contributed by atoms with Crippen LogP contribution < -0.4 is 18.9 Å². The second kappa shape index (κ2) is 10.8. The van der Waals surface area contributed by atoms with E-state index in [0.717, 1.165) is 34.0 Å². The van der Waals surface area contributed by atoms with Crippen molar-refractivity contribution in [1.29, 1.82) is 0 Å². The lowest BCUT2D eigenvalue weighted by Crippen LogP contribution is -2.01. The van der Waals surface area contributed by atoms with Crippen LogP contribution in [0.4, 0.5) is 0 Å². The number of methoxy groups -OCH3 is 4. The molecule has 0 saturated heterocycles. The van der Waals surface area contributed by atoms with Crippen LogP contribution in [0, 0.1) is 6.92 Å². The number of rotatable bonds is 9. The molecule has 1 heterocycles. The molecule has 7 heteroatoms. The third kappa shape index (κ3) is 4.81. The van der Waals surface area contributed by atoms with E-state index in [0.29, 0.717) is 22.8 Å². The maximum absolute atomic E-state index is 13.2. The highest BCUT2D eigenvalue weighted by Gasteiger charge is 2.19. The van der Waals surface area contributed by atoms with E-state index in [1.54, 1.807) is 25.3 Å². The topological polar surface area (TPSA) is 71.8 Å². The number of ether oxygens (including phenoxy) is 4. The monoisotopic (exact) mass is 484 g/mol. The van der Waals surface area contributed by atoms with Gasteiger partial charge in [-0.2, -0.15) is 5.10 Å². The molecule has 0 fully saturated rings. The molecule has 0 amide bonds. The molecule has 0 spiro atoms. The van der Waals surface area contributed by atoms with Gasteiger partial charge in [0.1, 0.15) is 5.75 Å². The van der Waals surface area contributed by atoms with Crippen molar-refractivity contribution in [3.63, 3.8) is 0 Å². The summed E-state index contributed by atoms with van der Waals surface area (Å²) in [7, 11) is 6.19. The zero-order valence-electron chi connectivity index (χ0n) is 20.9. The van der Waals surface area contributed by atoms with Crippen LogP contribution in [-0.2, 0) is 0 Å². The highest BCUT2D eigenvalue weighted by molar-refractivity contribution is 6.08. The summed E-state index contributed by atoms with van der Waals surface area (Å²) in [5.74, 6) is 1.78. The molecule has 0 N–H and O–H groups in total. The van der Waals surface area contributed by atoms with Gasteiger partial charge in [0, 0.05) is 16.7 Å². The first-order valence-electron chi connectivity index (χ1n) is 11.3. The van der Waals surface area contributed by atoms with Gasteiger partial charge in [-0.25, -0.2) is 4.68 Å². The number of aryl methyl sites for hydroxylation is 1. The molecule has 0 unspecified atom stereocenters. The molecular formula is C29H28N2O5. The Morgan fingerprint density at radius 1 is 0.833 bits per heavy atom. The first-order valence-corrected chi connectivity index (χ1v) is 11.3. The number of ketones is 1. The molecule has 1 aromatic heterocycles. The van der Waals surface area contributed by atoms with Crippen molar-refractivity contribution in [2.45, 2.75) is 6.92 Å². The third-order valence-corrected chi connectivity index (χ3v) is 5.80. The second-order valence-electron chi connectivity index (χ2n) is 7.94. The highest BCUT2D eigenvalue weighted by atomic mass is 16.5. The van der Waals surface area contributed by atoms with Gasteiger partial charge < -0.3 is 18.9 Å². The van der Waals surface area contributed by atoms with Crippen molar-refractivity contribution in [1.82, 2.24) is 9.78 Å². The van der Waals surface area contributed by atoms with Crippen molar-refractivity contribution in [2.75, 3.05) is 28.4 Å². The first-order chi connectivity index (χ1) is 17.5. The Morgan fingerprint density at radius 3 is 2.14 bits per heavy atom. The Bertz CT molecular complexity index is 1380. The van der Waals surface area contributed by atoms with Gasteiger partial charge in [0.2, 0.25) is 5.75 Å². The largest absolute Gasteiger partial charge is 0.497 e. The van der Waals surface area contributed by atoms with E-state index in [-0.39, 0.29) is 5.78 Å². The van der Waals surface area contributed by atoms with Gasteiger partial charge in [-0.05, 0) is 55.5 Å². The summed E-state index contributed by atoms with van der Waals surface area (Å²) in [5.41, 5.74) is 4.70. The molecule has 4 aromatic rings. The maximum atomic E-state index is 13.2. The van der Waals surface area contributed by atoms with E-state index in [9.17, 15) is 4.79 Å². The number of hydrogen-bond donors (Lipinski definition) is 0. The molecule has 0 aliphatic carbocycles. The van der Waals surface area contributed by atoms with Crippen molar-refractivity contribution in [3.05, 3.63) is 89.6 Å². The summed E-state index contributed by atoms with van der Waals surface area (Å²) in [6.07, 6.45) is 3.33. The van der Waals surface area contributed by atoms with Crippen molar-refractivity contribution >= 4 is 11.9 Å². The molecule has 7 nitrogen and oxygen atoms in total. The number of allylic oxidation sites excluding steroid dienone is 1. The van der Waals surface area contributed by atoms with E-state index in [2.05, 4.69) is 0 Å². The highest BCUT2D eigenvalue weighted by Crippen LogP contribution is 2.38. The van der Waals surface area contributed by atoms with Crippen LogP contribution in [0.15, 0.2) is 72.8 Å². The third-order valence-electron chi connectivity index (χ3n) is 5.80. The molecular weight excluding hydrogens is 456 g/mol. The zero-order chi connectivity index (χ0) is 25.7. The number of carbonyl (C=O) groups excluding carboxylic acids is 1. The average Bonchev–Trinajstić information content (AvgIpc) is 3.27. The lowest BCUT2D eigenvalue weighted by atomic mass is 10.0. The maximum Gasteiger partial charge on any atom is 0.203 e. The Labute approximate surface area is 210 Å². The van der Waals surface area contributed by atoms with Crippen LogP contribution in [-0.4, -0.2) is 44.0 Å². The summed E-state index contributed by atoms with van der Waals surface area (Å²) in [4.78, 5) is 13.2. The van der Waals surface area contributed by atoms with Gasteiger partial charge in [0.15, 0.2) is 17.3 Å². The predicted molar refractivity (Wildman–Crippen MR) is 140 cm³/mol. The molecule has 0 aliphatic rings. The SMILES string of the molecule is COc1cccc(-c2c(/C=C/C(=O)c3cc(OC)c(OC)c(OC)c3)c(C)nn2-c2ccccc2)c1. The van der Waals surface area contributed by atoms with Gasteiger partial charge in [-0.1, -0.05) is 30.3 Å². The summed E-state index contributed by atoms with van der Waals surface area (Å²) in [6, 6.07) is 20.9.